The second kappa shape index (κ2) is 23.8. The predicted molar refractivity (Wildman–Crippen MR) is 205 cm³/mol. The second-order valence-corrected chi connectivity index (χ2v) is 15.3. The fraction of sp³-hybridized carbons (Fsp3) is 0.400. The van der Waals surface area contributed by atoms with E-state index in [-0.39, 0.29) is 49.2 Å². The Hall–Kier alpha value is -2.84. The van der Waals surface area contributed by atoms with Gasteiger partial charge in [-0.1, -0.05) is 126 Å². The van der Waals surface area contributed by atoms with E-state index < -0.39 is 41.5 Å². The van der Waals surface area contributed by atoms with Gasteiger partial charge in [0.1, 0.15) is 33.1 Å². The summed E-state index contributed by atoms with van der Waals surface area (Å²) in [6.07, 6.45) is 16.4. The van der Waals surface area contributed by atoms with Gasteiger partial charge < -0.3 is 24.2 Å². The van der Waals surface area contributed by atoms with Gasteiger partial charge in [-0.3, -0.25) is 4.55 Å². The molecule has 2 N–H and O–H groups in total. The van der Waals surface area contributed by atoms with Gasteiger partial charge in [-0.2, -0.15) is 8.42 Å². The number of phenols is 1. The number of rotatable bonds is 20. The van der Waals surface area contributed by atoms with Crippen molar-refractivity contribution in [1.29, 1.82) is 0 Å². The van der Waals surface area contributed by atoms with E-state index in [0.717, 1.165) is 42.9 Å². The van der Waals surface area contributed by atoms with Crippen LogP contribution in [0.1, 0.15) is 102 Å². The third-order valence-corrected chi connectivity index (χ3v) is 10.1. The molecule has 0 aliphatic heterocycles. The van der Waals surface area contributed by atoms with Gasteiger partial charge in [0.2, 0.25) is 0 Å². The zero-order valence-electron chi connectivity index (χ0n) is 30.7. The van der Waals surface area contributed by atoms with Crippen molar-refractivity contribution in [3.8, 4) is 34.5 Å². The predicted octanol–water partition coefficient (Wildman–Crippen LogP) is 9.31. The molecular formula is C40H50CaO10S2. The molecule has 0 saturated heterocycles. The third kappa shape index (κ3) is 16.6. The first-order chi connectivity index (χ1) is 24.8. The van der Waals surface area contributed by atoms with Crippen LogP contribution in [-0.4, -0.2) is 68.8 Å². The summed E-state index contributed by atoms with van der Waals surface area (Å²) >= 11 is 0. The van der Waals surface area contributed by atoms with Crippen LogP contribution in [0.15, 0.2) is 94.7 Å². The van der Waals surface area contributed by atoms with Gasteiger partial charge in [0.05, 0.1) is 4.90 Å². The smallest absolute Gasteiger partial charge is 0.872 e. The summed E-state index contributed by atoms with van der Waals surface area (Å²) < 4.78 is 77.5. The van der Waals surface area contributed by atoms with E-state index in [1.165, 1.54) is 94.5 Å². The Balaban J connectivity index is 0.000000360. The molecule has 0 aromatic heterocycles. The number of ether oxygens (including phenoxy) is 2. The van der Waals surface area contributed by atoms with E-state index in [9.17, 15) is 36.2 Å². The monoisotopic (exact) mass is 794 g/mol. The summed E-state index contributed by atoms with van der Waals surface area (Å²) in [4.78, 5) is -1.47. The summed E-state index contributed by atoms with van der Waals surface area (Å²) in [7, 11) is -9.50. The minimum atomic E-state index is -4.91. The molecule has 10 nitrogen and oxygen atoms in total. The molecule has 0 aliphatic rings. The van der Waals surface area contributed by atoms with Gasteiger partial charge in [-0.15, -0.1) is 0 Å². The second-order valence-electron chi connectivity index (χ2n) is 12.7. The Labute approximate surface area is 345 Å². The maximum atomic E-state index is 11.7. The largest absolute Gasteiger partial charge is 2.00 e. The van der Waals surface area contributed by atoms with Crippen molar-refractivity contribution >= 4 is 58.0 Å². The molecule has 4 aromatic rings. The van der Waals surface area contributed by atoms with Gasteiger partial charge >= 0.3 is 47.9 Å². The molecule has 13 heteroatoms. The molecule has 4 aromatic carbocycles. The molecule has 0 saturated carbocycles. The summed E-state index contributed by atoms with van der Waals surface area (Å²) in [5, 5.41) is 21.5. The number of hydrogen-bond donors (Lipinski definition) is 2. The zero-order valence-corrected chi connectivity index (χ0v) is 34.5. The maximum Gasteiger partial charge on any atom is 2.00 e. The molecule has 284 valence electrons. The van der Waals surface area contributed by atoms with Crippen molar-refractivity contribution in [3.63, 3.8) is 0 Å². The number of phenolic OH excluding ortho intramolecular Hbond substituents is 1. The van der Waals surface area contributed by atoms with Crippen LogP contribution in [-0.2, 0) is 33.1 Å². The molecule has 0 spiro atoms. The summed E-state index contributed by atoms with van der Waals surface area (Å²) in [6, 6.07) is 22.4. The maximum absolute atomic E-state index is 11.7. The van der Waals surface area contributed by atoms with E-state index in [1.54, 1.807) is 12.1 Å². The molecule has 0 aliphatic carbocycles. The van der Waals surface area contributed by atoms with Crippen molar-refractivity contribution in [2.24, 2.45) is 0 Å². The van der Waals surface area contributed by atoms with E-state index in [0.29, 0.717) is 11.5 Å². The average Bonchev–Trinajstić information content (AvgIpc) is 3.07. The Morgan fingerprint density at radius 3 is 1.45 bits per heavy atom. The van der Waals surface area contributed by atoms with E-state index in [4.69, 9.17) is 9.47 Å². The first kappa shape index (κ1) is 46.3. The molecular weight excluding hydrogens is 745 g/mol. The van der Waals surface area contributed by atoms with Crippen LogP contribution in [0.2, 0.25) is 0 Å². The van der Waals surface area contributed by atoms with Crippen molar-refractivity contribution < 1.29 is 45.6 Å². The third-order valence-electron chi connectivity index (χ3n) is 8.30. The van der Waals surface area contributed by atoms with Crippen LogP contribution in [0.4, 0.5) is 0 Å². The number of benzene rings is 4. The van der Waals surface area contributed by atoms with Crippen LogP contribution in [0.25, 0.3) is 0 Å². The summed E-state index contributed by atoms with van der Waals surface area (Å²) in [5.41, 5.74) is 2.18. The molecule has 0 radical (unpaired) electrons. The Kier molecular flexibility index (Phi) is 20.8. The quantitative estimate of drug-likeness (QED) is 0.0499. The Morgan fingerprint density at radius 1 is 0.585 bits per heavy atom. The van der Waals surface area contributed by atoms with Gasteiger partial charge in [0, 0.05) is 0 Å². The first-order valence-corrected chi connectivity index (χ1v) is 20.8. The minimum absolute atomic E-state index is 0. The Bertz CT molecular complexity index is 1780. The fourth-order valence-electron chi connectivity index (χ4n) is 5.67. The minimum Gasteiger partial charge on any atom is -0.872 e. The van der Waals surface area contributed by atoms with E-state index in [1.807, 2.05) is 36.4 Å². The number of unbranched alkanes of at least 4 members (excludes halogenated alkanes) is 10. The van der Waals surface area contributed by atoms with Gasteiger partial charge in [0.25, 0.3) is 0 Å². The van der Waals surface area contributed by atoms with E-state index in [2.05, 4.69) is 13.8 Å². The van der Waals surface area contributed by atoms with Crippen LogP contribution >= 0.6 is 0 Å². The number of aryl methyl sites for hydroxylation is 2. The molecule has 4 rings (SSSR count). The zero-order chi connectivity index (χ0) is 38.0. The van der Waals surface area contributed by atoms with Crippen LogP contribution in [0.3, 0.4) is 0 Å². The molecule has 0 amide bonds. The van der Waals surface area contributed by atoms with Crippen LogP contribution < -0.4 is 14.6 Å². The van der Waals surface area contributed by atoms with E-state index >= 15 is 0 Å². The Morgan fingerprint density at radius 2 is 1.00 bits per heavy atom. The summed E-state index contributed by atoms with van der Waals surface area (Å²) in [5.74, 6) is -0.879. The molecule has 0 unspecified atom stereocenters. The topological polar surface area (TPSA) is 173 Å². The number of hydrogen-bond acceptors (Lipinski definition) is 9. The van der Waals surface area contributed by atoms with Crippen molar-refractivity contribution in [2.45, 2.75) is 114 Å². The summed E-state index contributed by atoms with van der Waals surface area (Å²) in [6.45, 7) is 4.39. The van der Waals surface area contributed by atoms with Crippen molar-refractivity contribution in [2.75, 3.05) is 0 Å². The molecule has 53 heavy (non-hydrogen) atoms. The van der Waals surface area contributed by atoms with Crippen LogP contribution in [0.5, 0.6) is 34.5 Å². The molecule has 0 bridgehead atoms. The van der Waals surface area contributed by atoms with Gasteiger partial charge in [0.15, 0.2) is 10.6 Å². The van der Waals surface area contributed by atoms with Crippen LogP contribution in [0, 0.1) is 0 Å². The van der Waals surface area contributed by atoms with Crippen molar-refractivity contribution in [3.05, 3.63) is 96.1 Å². The SMILES string of the molecule is CCCCCCCCc1cccc(Oc2cccc(O)c2S(=O)(=O)O)c1.CCCCCCCCc1cccc(Oc2cccc([O-])c2S(=O)(=O)[O-])c1.[Ca+2]. The normalized spacial score (nSPS) is 11.2. The molecule has 0 heterocycles. The fourth-order valence-corrected chi connectivity index (χ4v) is 7.04. The average molecular weight is 795 g/mol. The molecule has 0 atom stereocenters. The van der Waals surface area contributed by atoms with Crippen molar-refractivity contribution in [1.82, 2.24) is 0 Å². The van der Waals surface area contributed by atoms with Gasteiger partial charge in [-0.05, 0) is 79.3 Å². The first-order valence-electron chi connectivity index (χ1n) is 17.9. The van der Waals surface area contributed by atoms with Gasteiger partial charge in [-0.25, -0.2) is 8.42 Å². The molecule has 0 fully saturated rings. The number of aromatic hydroxyl groups is 1. The standard InChI is InChI=1S/2C20H26O5S.Ca/c2*1-2-3-4-5-6-7-10-16-11-8-12-17(15-16)25-19-14-9-13-18(21)20(19)26(22,23)24;/h2*8-9,11-15,21H,2-7,10H2,1H3,(H,22,23,24);/q;;+2/p-2.